The van der Waals surface area contributed by atoms with E-state index < -0.39 is 0 Å². The van der Waals surface area contributed by atoms with Gasteiger partial charge in [-0.1, -0.05) is 12.1 Å². The molecular weight excluding hydrogens is 326 g/mol. The smallest absolute Gasteiger partial charge is 0.224 e. The average Bonchev–Trinajstić information content (AvgIpc) is 2.78. The molecule has 1 aromatic heterocycles. The Morgan fingerprint density at radius 1 is 1.21 bits per heavy atom. The number of thiophene rings is 1. The summed E-state index contributed by atoms with van der Waals surface area (Å²) in [6.45, 7) is 0.643. The molecule has 0 unspecified atom stereocenters. The molecule has 0 fully saturated rings. The van der Waals surface area contributed by atoms with Crippen LogP contribution in [0.5, 0.6) is 5.75 Å². The van der Waals surface area contributed by atoms with Crippen LogP contribution in [0.25, 0.3) is 0 Å². The van der Waals surface area contributed by atoms with Gasteiger partial charge in [0.2, 0.25) is 5.91 Å². The number of phenols is 1. The molecule has 0 aliphatic rings. The van der Waals surface area contributed by atoms with Crippen LogP contribution in [0.3, 0.4) is 0 Å². The van der Waals surface area contributed by atoms with Crippen molar-refractivity contribution in [2.24, 2.45) is 0 Å². The number of rotatable bonds is 5. The van der Waals surface area contributed by atoms with Gasteiger partial charge >= 0.3 is 0 Å². The first-order valence-electron chi connectivity index (χ1n) is 5.92. The highest BCUT2D eigenvalue weighted by Gasteiger charge is 2.04. The van der Waals surface area contributed by atoms with Crippen molar-refractivity contribution in [2.75, 3.05) is 6.54 Å². The molecule has 1 aromatic carbocycles. The Morgan fingerprint density at radius 2 is 1.95 bits per heavy atom. The van der Waals surface area contributed by atoms with Gasteiger partial charge in [-0.2, -0.15) is 0 Å². The van der Waals surface area contributed by atoms with E-state index in [1.807, 2.05) is 6.07 Å². The normalized spacial score (nSPS) is 10.4. The maximum Gasteiger partial charge on any atom is 0.224 e. The largest absolute Gasteiger partial charge is 0.508 e. The monoisotopic (exact) mass is 339 g/mol. The maximum absolute atomic E-state index is 11.7. The zero-order valence-corrected chi connectivity index (χ0v) is 12.6. The van der Waals surface area contributed by atoms with Crippen LogP contribution in [0.4, 0.5) is 0 Å². The number of carbonyl (C=O) groups is 1. The van der Waals surface area contributed by atoms with Crippen molar-refractivity contribution in [3.63, 3.8) is 0 Å². The Hall–Kier alpha value is -1.33. The first-order valence-corrected chi connectivity index (χ1v) is 7.53. The summed E-state index contributed by atoms with van der Waals surface area (Å²) in [4.78, 5) is 13.0. The van der Waals surface area contributed by atoms with Crippen molar-refractivity contribution in [3.8, 4) is 5.75 Å². The third kappa shape index (κ3) is 4.69. The van der Waals surface area contributed by atoms with Gasteiger partial charge in [0.05, 0.1) is 10.2 Å². The minimum Gasteiger partial charge on any atom is -0.508 e. The van der Waals surface area contributed by atoms with Gasteiger partial charge in [0, 0.05) is 11.4 Å². The zero-order chi connectivity index (χ0) is 13.7. The fourth-order valence-electron chi connectivity index (χ4n) is 1.67. The number of aromatic hydroxyl groups is 1. The Kier molecular flexibility index (Phi) is 4.99. The predicted octanol–water partition coefficient (Wildman–Crippen LogP) is 3.12. The van der Waals surface area contributed by atoms with E-state index in [0.717, 1.165) is 15.8 Å². The summed E-state index contributed by atoms with van der Waals surface area (Å²) in [7, 11) is 0. The molecule has 19 heavy (non-hydrogen) atoms. The summed E-state index contributed by atoms with van der Waals surface area (Å²) < 4.78 is 1.11. The lowest BCUT2D eigenvalue weighted by Crippen LogP contribution is -2.27. The van der Waals surface area contributed by atoms with Crippen LogP contribution in [0, 0.1) is 0 Å². The summed E-state index contributed by atoms with van der Waals surface area (Å²) >= 11 is 5.10. The SMILES string of the molecule is O=C(Cc1ccc(O)cc1)NCCc1ccc(Br)s1. The highest BCUT2D eigenvalue weighted by Crippen LogP contribution is 2.22. The number of carbonyl (C=O) groups excluding carboxylic acids is 1. The number of hydrogen-bond acceptors (Lipinski definition) is 3. The summed E-state index contributed by atoms with van der Waals surface area (Å²) in [6.07, 6.45) is 1.19. The molecule has 5 heteroatoms. The van der Waals surface area contributed by atoms with E-state index in [2.05, 4.69) is 27.3 Å². The van der Waals surface area contributed by atoms with Crippen LogP contribution in [-0.2, 0) is 17.6 Å². The van der Waals surface area contributed by atoms with Gasteiger partial charge in [-0.15, -0.1) is 11.3 Å². The fourth-order valence-corrected chi connectivity index (χ4v) is 3.16. The Balaban J connectivity index is 1.74. The average molecular weight is 340 g/mol. The van der Waals surface area contributed by atoms with Crippen molar-refractivity contribution in [1.82, 2.24) is 5.32 Å². The fraction of sp³-hybridized carbons (Fsp3) is 0.214. The molecule has 0 saturated carbocycles. The number of benzene rings is 1. The lowest BCUT2D eigenvalue weighted by molar-refractivity contribution is -0.120. The predicted molar refractivity (Wildman–Crippen MR) is 80.5 cm³/mol. The Labute approximate surface area is 124 Å². The molecule has 1 heterocycles. The van der Waals surface area contributed by atoms with Gasteiger partial charge in [0.1, 0.15) is 5.75 Å². The van der Waals surface area contributed by atoms with Gasteiger partial charge < -0.3 is 10.4 Å². The van der Waals surface area contributed by atoms with Crippen LogP contribution in [0.2, 0.25) is 0 Å². The van der Waals surface area contributed by atoms with Gasteiger partial charge in [-0.05, 0) is 52.2 Å². The van der Waals surface area contributed by atoms with Crippen LogP contribution >= 0.6 is 27.3 Å². The van der Waals surface area contributed by atoms with E-state index in [0.29, 0.717) is 13.0 Å². The minimum atomic E-state index is 0.00121. The Bertz CT molecular complexity index is 551. The molecule has 1 amide bonds. The lowest BCUT2D eigenvalue weighted by atomic mass is 10.1. The molecule has 0 radical (unpaired) electrons. The van der Waals surface area contributed by atoms with Crippen LogP contribution in [0.15, 0.2) is 40.2 Å². The summed E-state index contributed by atoms with van der Waals surface area (Å²) in [5.74, 6) is 0.216. The number of nitrogens with one attached hydrogen (secondary N) is 1. The van der Waals surface area contributed by atoms with Gasteiger partial charge in [0.15, 0.2) is 0 Å². The topological polar surface area (TPSA) is 49.3 Å². The lowest BCUT2D eigenvalue weighted by Gasteiger charge is -2.04. The van der Waals surface area contributed by atoms with Crippen molar-refractivity contribution in [1.29, 1.82) is 0 Å². The molecule has 2 N–H and O–H groups in total. The van der Waals surface area contributed by atoms with E-state index in [9.17, 15) is 4.79 Å². The molecule has 0 saturated heterocycles. The minimum absolute atomic E-state index is 0.00121. The van der Waals surface area contributed by atoms with E-state index in [4.69, 9.17) is 5.11 Å². The molecule has 3 nitrogen and oxygen atoms in total. The molecule has 0 bridgehead atoms. The summed E-state index contributed by atoms with van der Waals surface area (Å²) in [5, 5.41) is 12.1. The first kappa shape index (κ1) is 14.1. The van der Waals surface area contributed by atoms with Gasteiger partial charge in [0.25, 0.3) is 0 Å². The third-order valence-electron chi connectivity index (χ3n) is 2.62. The highest BCUT2D eigenvalue weighted by atomic mass is 79.9. The quantitative estimate of drug-likeness (QED) is 0.879. The van der Waals surface area contributed by atoms with E-state index in [-0.39, 0.29) is 11.7 Å². The standard InChI is InChI=1S/C14H14BrNO2S/c15-13-6-5-12(19-13)7-8-16-14(18)9-10-1-3-11(17)4-2-10/h1-6,17H,7-9H2,(H,16,18). The van der Waals surface area contributed by atoms with E-state index in [1.165, 1.54) is 4.88 Å². The molecule has 0 aliphatic heterocycles. The van der Waals surface area contributed by atoms with Gasteiger partial charge in [-0.3, -0.25) is 4.79 Å². The second kappa shape index (κ2) is 6.73. The van der Waals surface area contributed by atoms with Gasteiger partial charge in [-0.25, -0.2) is 0 Å². The number of amides is 1. The van der Waals surface area contributed by atoms with Crippen LogP contribution in [-0.4, -0.2) is 17.6 Å². The molecule has 0 spiro atoms. The molecule has 2 aromatic rings. The van der Waals surface area contributed by atoms with E-state index >= 15 is 0 Å². The second-order valence-electron chi connectivity index (χ2n) is 4.15. The third-order valence-corrected chi connectivity index (χ3v) is 4.31. The molecule has 100 valence electrons. The number of halogens is 1. The maximum atomic E-state index is 11.7. The second-order valence-corrected chi connectivity index (χ2v) is 6.70. The number of hydrogen-bond donors (Lipinski definition) is 2. The zero-order valence-electron chi connectivity index (χ0n) is 10.2. The van der Waals surface area contributed by atoms with Crippen molar-refractivity contribution in [3.05, 3.63) is 50.6 Å². The molecule has 0 aliphatic carbocycles. The summed E-state index contributed by atoms with van der Waals surface area (Å²) in [5.41, 5.74) is 0.897. The molecule has 2 rings (SSSR count). The van der Waals surface area contributed by atoms with Crippen LogP contribution in [0.1, 0.15) is 10.4 Å². The molecular formula is C14H14BrNO2S. The van der Waals surface area contributed by atoms with Crippen molar-refractivity contribution < 1.29 is 9.90 Å². The number of phenolic OH excluding ortho intramolecular Hbond substituents is 1. The van der Waals surface area contributed by atoms with Crippen molar-refractivity contribution >= 4 is 33.2 Å². The molecule has 0 atom stereocenters. The first-order chi connectivity index (χ1) is 9.13. The van der Waals surface area contributed by atoms with Crippen LogP contribution < -0.4 is 5.32 Å². The Morgan fingerprint density at radius 3 is 2.58 bits per heavy atom. The highest BCUT2D eigenvalue weighted by molar-refractivity contribution is 9.11. The summed E-state index contributed by atoms with van der Waals surface area (Å²) in [6, 6.07) is 10.8. The van der Waals surface area contributed by atoms with Crippen molar-refractivity contribution in [2.45, 2.75) is 12.8 Å². The van der Waals surface area contributed by atoms with E-state index in [1.54, 1.807) is 35.6 Å².